The first-order chi connectivity index (χ1) is 11.0. The lowest BCUT2D eigenvalue weighted by Gasteiger charge is -2.11. The topological polar surface area (TPSA) is 38.9 Å². The molecular weight excluding hydrogens is 374 g/mol. The van der Waals surface area contributed by atoms with Gasteiger partial charge in [-0.1, -0.05) is 58.5 Å². The highest BCUT2D eigenvalue weighted by molar-refractivity contribution is 6.42. The zero-order valence-electron chi connectivity index (χ0n) is 11.7. The first kappa shape index (κ1) is 16.4. The Morgan fingerprint density at radius 3 is 1.87 bits per heavy atom. The molecule has 0 saturated heterocycles. The molecule has 23 heavy (non-hydrogen) atoms. The Morgan fingerprint density at radius 1 is 0.696 bits per heavy atom. The maximum atomic E-state index is 6.13. The second kappa shape index (κ2) is 6.58. The smallest absolute Gasteiger partial charge is 0.0782 e. The van der Waals surface area contributed by atoms with Crippen LogP contribution in [0.5, 0.6) is 0 Å². The molecule has 0 bridgehead atoms. The Labute approximate surface area is 153 Å². The SMILES string of the molecule is Nc1cnc(-c2ccc(Cl)c(Cl)c2)c(-c2ccc(Cl)c(Cl)c2)c1. The summed E-state index contributed by atoms with van der Waals surface area (Å²) in [7, 11) is 0. The number of aromatic nitrogens is 1. The van der Waals surface area contributed by atoms with E-state index < -0.39 is 0 Å². The van der Waals surface area contributed by atoms with Crippen LogP contribution in [0.15, 0.2) is 48.7 Å². The summed E-state index contributed by atoms with van der Waals surface area (Å²) in [6, 6.07) is 12.6. The van der Waals surface area contributed by atoms with Crippen molar-refractivity contribution in [1.29, 1.82) is 0 Å². The van der Waals surface area contributed by atoms with Crippen molar-refractivity contribution in [1.82, 2.24) is 4.98 Å². The third-order valence-electron chi connectivity index (χ3n) is 3.33. The lowest BCUT2D eigenvalue weighted by molar-refractivity contribution is 1.33. The standard InChI is InChI=1S/C17H10Cl4N2/c18-13-3-1-9(5-15(13)20)12-7-11(22)8-23-17(12)10-2-4-14(19)16(21)6-10/h1-8H,22H2. The van der Waals surface area contributed by atoms with E-state index in [-0.39, 0.29) is 0 Å². The van der Waals surface area contributed by atoms with Crippen molar-refractivity contribution in [2.75, 3.05) is 5.73 Å². The summed E-state index contributed by atoms with van der Waals surface area (Å²) in [5.74, 6) is 0. The molecule has 3 rings (SSSR count). The minimum absolute atomic E-state index is 0.461. The van der Waals surface area contributed by atoms with Crippen molar-refractivity contribution < 1.29 is 0 Å². The van der Waals surface area contributed by atoms with Gasteiger partial charge in [0.1, 0.15) is 0 Å². The largest absolute Gasteiger partial charge is 0.397 e. The van der Waals surface area contributed by atoms with Gasteiger partial charge in [0.05, 0.1) is 37.7 Å². The van der Waals surface area contributed by atoms with Gasteiger partial charge in [0, 0.05) is 11.1 Å². The van der Waals surface area contributed by atoms with Gasteiger partial charge in [-0.3, -0.25) is 4.98 Å². The van der Waals surface area contributed by atoms with Gasteiger partial charge in [-0.2, -0.15) is 0 Å². The van der Waals surface area contributed by atoms with E-state index in [1.54, 1.807) is 30.5 Å². The molecule has 0 spiro atoms. The molecule has 0 saturated carbocycles. The Morgan fingerprint density at radius 2 is 1.26 bits per heavy atom. The average molecular weight is 384 g/mol. The van der Waals surface area contributed by atoms with E-state index in [1.165, 1.54) is 0 Å². The third-order valence-corrected chi connectivity index (χ3v) is 4.81. The predicted molar refractivity (Wildman–Crippen MR) is 99.6 cm³/mol. The summed E-state index contributed by atoms with van der Waals surface area (Å²) in [5, 5.41) is 1.90. The number of pyridine rings is 1. The van der Waals surface area contributed by atoms with Crippen LogP contribution in [0.4, 0.5) is 5.69 Å². The fourth-order valence-corrected chi connectivity index (χ4v) is 2.83. The van der Waals surface area contributed by atoms with Crippen molar-refractivity contribution >= 4 is 52.1 Å². The Balaban J connectivity index is 2.21. The second-order valence-electron chi connectivity index (χ2n) is 4.92. The van der Waals surface area contributed by atoms with Crippen molar-refractivity contribution in [3.63, 3.8) is 0 Å². The van der Waals surface area contributed by atoms with Crippen molar-refractivity contribution in [3.05, 3.63) is 68.8 Å². The van der Waals surface area contributed by atoms with Crippen LogP contribution in [0.1, 0.15) is 0 Å². The summed E-state index contributed by atoms with van der Waals surface area (Å²) in [4.78, 5) is 4.44. The molecule has 0 radical (unpaired) electrons. The molecule has 0 aliphatic heterocycles. The fraction of sp³-hybridized carbons (Fsp3) is 0. The van der Waals surface area contributed by atoms with Gasteiger partial charge < -0.3 is 5.73 Å². The van der Waals surface area contributed by atoms with Gasteiger partial charge >= 0.3 is 0 Å². The van der Waals surface area contributed by atoms with Gasteiger partial charge in [-0.15, -0.1) is 0 Å². The molecule has 0 atom stereocenters. The Kier molecular flexibility index (Phi) is 4.69. The highest BCUT2D eigenvalue weighted by atomic mass is 35.5. The third kappa shape index (κ3) is 3.41. The van der Waals surface area contributed by atoms with Gasteiger partial charge in [-0.25, -0.2) is 0 Å². The minimum atomic E-state index is 0.461. The van der Waals surface area contributed by atoms with E-state index >= 15 is 0 Å². The van der Waals surface area contributed by atoms with Gasteiger partial charge in [0.25, 0.3) is 0 Å². The number of benzene rings is 2. The van der Waals surface area contributed by atoms with Crippen LogP contribution in [0.25, 0.3) is 22.4 Å². The van der Waals surface area contributed by atoms with Crippen LogP contribution in [-0.4, -0.2) is 4.98 Å². The molecular formula is C17H10Cl4N2. The second-order valence-corrected chi connectivity index (χ2v) is 6.55. The van der Waals surface area contributed by atoms with Gasteiger partial charge in [-0.05, 0) is 35.9 Å². The van der Waals surface area contributed by atoms with Crippen LogP contribution < -0.4 is 5.73 Å². The molecule has 2 nitrogen and oxygen atoms in total. The monoisotopic (exact) mass is 382 g/mol. The van der Waals surface area contributed by atoms with Crippen LogP contribution in [0.3, 0.4) is 0 Å². The van der Waals surface area contributed by atoms with Crippen molar-refractivity contribution in [3.8, 4) is 22.4 Å². The lowest BCUT2D eigenvalue weighted by Crippen LogP contribution is -1.94. The van der Waals surface area contributed by atoms with Gasteiger partial charge in [0.15, 0.2) is 0 Å². The molecule has 0 aliphatic carbocycles. The Bertz CT molecular complexity index is 894. The number of halogens is 4. The van der Waals surface area contributed by atoms with Crippen molar-refractivity contribution in [2.45, 2.75) is 0 Å². The van der Waals surface area contributed by atoms with E-state index in [0.29, 0.717) is 25.8 Å². The first-order valence-electron chi connectivity index (χ1n) is 6.62. The minimum Gasteiger partial charge on any atom is -0.397 e. The molecule has 3 aromatic rings. The maximum Gasteiger partial charge on any atom is 0.0782 e. The molecule has 116 valence electrons. The molecule has 2 aromatic carbocycles. The fourth-order valence-electron chi connectivity index (χ4n) is 2.24. The van der Waals surface area contributed by atoms with Gasteiger partial charge in [0.2, 0.25) is 0 Å². The summed E-state index contributed by atoms with van der Waals surface area (Å²) in [6.45, 7) is 0. The quantitative estimate of drug-likeness (QED) is 0.540. The summed E-state index contributed by atoms with van der Waals surface area (Å²) in [5.41, 5.74) is 9.71. The van der Waals surface area contributed by atoms with E-state index in [2.05, 4.69) is 4.98 Å². The molecule has 0 fully saturated rings. The molecule has 0 aliphatic rings. The summed E-state index contributed by atoms with van der Waals surface area (Å²) in [6.07, 6.45) is 1.60. The number of nitrogen functional groups attached to an aromatic ring is 1. The molecule has 6 heteroatoms. The first-order valence-corrected chi connectivity index (χ1v) is 8.13. The number of hydrogen-bond acceptors (Lipinski definition) is 2. The molecule has 0 amide bonds. The molecule has 1 aromatic heterocycles. The zero-order valence-corrected chi connectivity index (χ0v) is 14.7. The maximum absolute atomic E-state index is 6.13. The molecule has 1 heterocycles. The van der Waals surface area contributed by atoms with E-state index in [4.69, 9.17) is 52.1 Å². The van der Waals surface area contributed by atoms with Crippen LogP contribution >= 0.6 is 46.4 Å². The highest BCUT2D eigenvalue weighted by Crippen LogP contribution is 2.36. The van der Waals surface area contributed by atoms with E-state index in [9.17, 15) is 0 Å². The number of hydrogen-bond donors (Lipinski definition) is 1. The van der Waals surface area contributed by atoms with E-state index in [1.807, 2.05) is 18.2 Å². The summed E-state index contributed by atoms with van der Waals surface area (Å²) >= 11 is 24.2. The molecule has 2 N–H and O–H groups in total. The number of nitrogens with two attached hydrogens (primary N) is 1. The van der Waals surface area contributed by atoms with E-state index in [0.717, 1.165) is 22.4 Å². The zero-order chi connectivity index (χ0) is 16.6. The predicted octanol–water partition coefficient (Wildman–Crippen LogP) is 6.61. The number of nitrogens with zero attached hydrogens (tertiary/aromatic N) is 1. The lowest BCUT2D eigenvalue weighted by atomic mass is 9.99. The van der Waals surface area contributed by atoms with Crippen LogP contribution in [0.2, 0.25) is 20.1 Å². The summed E-state index contributed by atoms with van der Waals surface area (Å²) < 4.78 is 0. The highest BCUT2D eigenvalue weighted by Gasteiger charge is 2.12. The Hall–Kier alpha value is -1.45. The average Bonchev–Trinajstić information content (AvgIpc) is 2.53. The van der Waals surface area contributed by atoms with Crippen LogP contribution in [-0.2, 0) is 0 Å². The number of anilines is 1. The number of rotatable bonds is 2. The normalized spacial score (nSPS) is 10.8. The van der Waals surface area contributed by atoms with Crippen molar-refractivity contribution in [2.24, 2.45) is 0 Å². The molecule has 0 unspecified atom stereocenters. The van der Waals surface area contributed by atoms with Crippen LogP contribution in [0, 0.1) is 0 Å².